The largest absolute Gasteiger partial charge is 0.481 e. The van der Waals surface area contributed by atoms with Crippen molar-refractivity contribution in [2.45, 2.75) is 12.8 Å². The minimum atomic E-state index is -0.866. The summed E-state index contributed by atoms with van der Waals surface area (Å²) in [5, 5.41) is 11.4. The summed E-state index contributed by atoms with van der Waals surface area (Å²) in [4.78, 5) is 22.3. The normalized spacial score (nSPS) is 18.6. The van der Waals surface area contributed by atoms with Crippen LogP contribution in [0.1, 0.15) is 12.0 Å². The number of benzene rings is 1. The number of hydrogen-bond donors (Lipinski definition) is 2. The number of ether oxygens (including phenoxy) is 1. The van der Waals surface area contributed by atoms with E-state index in [1.165, 1.54) is 0 Å². The summed E-state index contributed by atoms with van der Waals surface area (Å²) in [6.07, 6.45) is 0.744. The number of amides is 1. The quantitative estimate of drug-likeness (QED) is 0.843. The molecular formula is C13H15NO4. The van der Waals surface area contributed by atoms with E-state index in [2.05, 4.69) is 5.32 Å². The maximum Gasteiger partial charge on any atom is 0.307 e. The number of aliphatic carboxylic acids is 1. The molecule has 0 spiro atoms. The highest BCUT2D eigenvalue weighted by atomic mass is 16.5. The van der Waals surface area contributed by atoms with Crippen molar-refractivity contribution in [3.8, 4) is 0 Å². The molecule has 0 aromatic heterocycles. The van der Waals surface area contributed by atoms with E-state index in [9.17, 15) is 9.59 Å². The zero-order chi connectivity index (χ0) is 13.0. The summed E-state index contributed by atoms with van der Waals surface area (Å²) in [5.74, 6) is -0.989. The smallest absolute Gasteiger partial charge is 0.307 e. The highest BCUT2D eigenvalue weighted by molar-refractivity contribution is 5.92. The summed E-state index contributed by atoms with van der Waals surface area (Å²) in [6, 6.07) is 6.84. The molecule has 1 unspecified atom stereocenters. The maximum absolute atomic E-state index is 11.8. The van der Waals surface area contributed by atoms with Crippen LogP contribution in [0.5, 0.6) is 0 Å². The number of anilines is 1. The lowest BCUT2D eigenvalue weighted by molar-refractivity contribution is -0.136. The number of carbonyl (C=O) groups excluding carboxylic acids is 1. The van der Waals surface area contributed by atoms with E-state index >= 15 is 0 Å². The molecular weight excluding hydrogens is 234 g/mol. The van der Waals surface area contributed by atoms with Gasteiger partial charge in [0.2, 0.25) is 5.91 Å². The lowest BCUT2D eigenvalue weighted by Crippen LogP contribution is -2.22. The first-order valence-electron chi connectivity index (χ1n) is 5.84. The molecule has 1 heterocycles. The van der Waals surface area contributed by atoms with Crippen LogP contribution in [0.3, 0.4) is 0 Å². The van der Waals surface area contributed by atoms with Crippen LogP contribution in [0.2, 0.25) is 0 Å². The first kappa shape index (κ1) is 12.6. The van der Waals surface area contributed by atoms with Crippen LogP contribution in [0.25, 0.3) is 0 Å². The zero-order valence-electron chi connectivity index (χ0n) is 9.89. The van der Waals surface area contributed by atoms with Crippen LogP contribution in [0.4, 0.5) is 5.69 Å². The third-order valence-electron chi connectivity index (χ3n) is 2.88. The number of carboxylic acid groups (broad SMARTS) is 1. The molecule has 2 rings (SSSR count). The summed E-state index contributed by atoms with van der Waals surface area (Å²) in [7, 11) is 0. The van der Waals surface area contributed by atoms with Crippen molar-refractivity contribution in [2.75, 3.05) is 18.5 Å². The van der Waals surface area contributed by atoms with Gasteiger partial charge in [-0.1, -0.05) is 12.1 Å². The van der Waals surface area contributed by atoms with Gasteiger partial charge in [-0.05, 0) is 24.1 Å². The predicted molar refractivity (Wildman–Crippen MR) is 65.3 cm³/mol. The summed E-state index contributed by atoms with van der Waals surface area (Å²) >= 11 is 0. The molecule has 1 aromatic carbocycles. The highest BCUT2D eigenvalue weighted by Crippen LogP contribution is 2.16. The standard InChI is InChI=1S/C13H15NO4/c15-12(16)7-9-1-3-11(4-2-9)14-13(17)10-5-6-18-8-10/h1-4,10H,5-8H2,(H,14,17)(H,15,16). The highest BCUT2D eigenvalue weighted by Gasteiger charge is 2.23. The van der Waals surface area contributed by atoms with Gasteiger partial charge in [0, 0.05) is 12.3 Å². The van der Waals surface area contributed by atoms with Gasteiger partial charge in [0.25, 0.3) is 0 Å². The molecule has 1 aliphatic heterocycles. The van der Waals surface area contributed by atoms with E-state index in [1.807, 2.05) is 0 Å². The number of rotatable bonds is 4. The van der Waals surface area contributed by atoms with Crippen molar-refractivity contribution < 1.29 is 19.4 Å². The fourth-order valence-corrected chi connectivity index (χ4v) is 1.87. The third-order valence-corrected chi connectivity index (χ3v) is 2.88. The molecule has 0 aliphatic carbocycles. The second-order valence-corrected chi connectivity index (χ2v) is 4.32. The SMILES string of the molecule is O=C(O)Cc1ccc(NC(=O)C2CCOC2)cc1. The van der Waals surface area contributed by atoms with Crippen LogP contribution in [-0.4, -0.2) is 30.2 Å². The predicted octanol–water partition coefficient (Wildman–Crippen LogP) is 1.29. The van der Waals surface area contributed by atoms with E-state index < -0.39 is 5.97 Å². The maximum atomic E-state index is 11.8. The molecule has 1 amide bonds. The second-order valence-electron chi connectivity index (χ2n) is 4.32. The summed E-state index contributed by atoms with van der Waals surface area (Å²) in [6.45, 7) is 1.11. The van der Waals surface area contributed by atoms with E-state index in [0.29, 0.717) is 24.5 Å². The summed E-state index contributed by atoms with van der Waals surface area (Å²) < 4.78 is 5.15. The molecule has 18 heavy (non-hydrogen) atoms. The molecule has 1 fully saturated rings. The van der Waals surface area contributed by atoms with E-state index in [-0.39, 0.29) is 18.2 Å². The number of nitrogens with one attached hydrogen (secondary N) is 1. The van der Waals surface area contributed by atoms with Gasteiger partial charge in [-0.2, -0.15) is 0 Å². The van der Waals surface area contributed by atoms with Crippen molar-refractivity contribution in [3.63, 3.8) is 0 Å². The molecule has 1 saturated heterocycles. The molecule has 1 aromatic rings. The van der Waals surface area contributed by atoms with Gasteiger partial charge in [0.1, 0.15) is 0 Å². The van der Waals surface area contributed by atoms with Crippen molar-refractivity contribution in [2.24, 2.45) is 5.92 Å². The lowest BCUT2D eigenvalue weighted by atomic mass is 10.1. The Morgan fingerprint density at radius 2 is 2.06 bits per heavy atom. The van der Waals surface area contributed by atoms with Crippen molar-refractivity contribution in [3.05, 3.63) is 29.8 Å². The molecule has 0 radical (unpaired) electrons. The van der Waals surface area contributed by atoms with E-state index in [1.54, 1.807) is 24.3 Å². The van der Waals surface area contributed by atoms with Crippen LogP contribution < -0.4 is 5.32 Å². The molecule has 1 atom stereocenters. The second kappa shape index (κ2) is 5.64. The van der Waals surface area contributed by atoms with Crippen LogP contribution in [0, 0.1) is 5.92 Å². The van der Waals surface area contributed by atoms with Gasteiger partial charge in [-0.25, -0.2) is 0 Å². The molecule has 0 saturated carbocycles. The Balaban J connectivity index is 1.93. The Labute approximate surface area is 105 Å². The van der Waals surface area contributed by atoms with Crippen LogP contribution in [0.15, 0.2) is 24.3 Å². The Bertz CT molecular complexity index is 435. The molecule has 0 bridgehead atoms. The number of carboxylic acids is 1. The summed E-state index contributed by atoms with van der Waals surface area (Å²) in [5.41, 5.74) is 1.39. The fraction of sp³-hybridized carbons (Fsp3) is 0.385. The van der Waals surface area contributed by atoms with Gasteiger partial charge in [0.05, 0.1) is 18.9 Å². The van der Waals surface area contributed by atoms with E-state index in [0.717, 1.165) is 6.42 Å². The van der Waals surface area contributed by atoms with Crippen LogP contribution >= 0.6 is 0 Å². The molecule has 5 nitrogen and oxygen atoms in total. The number of carbonyl (C=O) groups is 2. The number of hydrogen-bond acceptors (Lipinski definition) is 3. The lowest BCUT2D eigenvalue weighted by Gasteiger charge is -2.09. The molecule has 1 aliphatic rings. The van der Waals surface area contributed by atoms with Gasteiger partial charge in [0.15, 0.2) is 0 Å². The Morgan fingerprint density at radius 1 is 1.33 bits per heavy atom. The Kier molecular flexibility index (Phi) is 3.94. The first-order chi connectivity index (χ1) is 8.65. The van der Waals surface area contributed by atoms with Gasteiger partial charge in [-0.3, -0.25) is 9.59 Å². The minimum absolute atomic E-state index is 0.00923. The van der Waals surface area contributed by atoms with Gasteiger partial charge < -0.3 is 15.2 Å². The van der Waals surface area contributed by atoms with Crippen molar-refractivity contribution in [1.29, 1.82) is 0 Å². The van der Waals surface area contributed by atoms with Crippen molar-refractivity contribution >= 4 is 17.6 Å². The fourth-order valence-electron chi connectivity index (χ4n) is 1.87. The molecule has 96 valence electrons. The van der Waals surface area contributed by atoms with Crippen molar-refractivity contribution in [1.82, 2.24) is 0 Å². The van der Waals surface area contributed by atoms with Gasteiger partial charge >= 0.3 is 5.97 Å². The minimum Gasteiger partial charge on any atom is -0.481 e. The molecule has 2 N–H and O–H groups in total. The topological polar surface area (TPSA) is 75.6 Å². The van der Waals surface area contributed by atoms with E-state index in [4.69, 9.17) is 9.84 Å². The van der Waals surface area contributed by atoms with Crippen LogP contribution in [-0.2, 0) is 20.7 Å². The Hall–Kier alpha value is -1.88. The average molecular weight is 249 g/mol. The monoisotopic (exact) mass is 249 g/mol. The van der Waals surface area contributed by atoms with Gasteiger partial charge in [-0.15, -0.1) is 0 Å². The first-order valence-corrected chi connectivity index (χ1v) is 5.84. The molecule has 5 heteroatoms. The third kappa shape index (κ3) is 3.30. The zero-order valence-corrected chi connectivity index (χ0v) is 9.89. The Morgan fingerprint density at radius 3 is 2.61 bits per heavy atom. The average Bonchev–Trinajstić information content (AvgIpc) is 2.84.